The summed E-state index contributed by atoms with van der Waals surface area (Å²) < 4.78 is 32.8. The van der Waals surface area contributed by atoms with Gasteiger partial charge in [-0.2, -0.15) is 0 Å². The number of amides is 2. The minimum Gasteiger partial charge on any atom is -0.489 e. The molecule has 0 spiro atoms. The van der Waals surface area contributed by atoms with Gasteiger partial charge in [-0.15, -0.1) is 0 Å². The molecule has 3 N–H and O–H groups in total. The summed E-state index contributed by atoms with van der Waals surface area (Å²) >= 11 is 0. The van der Waals surface area contributed by atoms with Crippen LogP contribution in [0.4, 0.5) is 8.78 Å². The fourth-order valence-electron chi connectivity index (χ4n) is 2.84. The normalized spacial score (nSPS) is 11.5. The molecule has 0 aliphatic carbocycles. The van der Waals surface area contributed by atoms with Gasteiger partial charge in [-0.1, -0.05) is 48.5 Å². The van der Waals surface area contributed by atoms with Crippen LogP contribution in [0, 0.1) is 11.6 Å². The van der Waals surface area contributed by atoms with E-state index >= 15 is 0 Å². The van der Waals surface area contributed by atoms with Gasteiger partial charge in [0.1, 0.15) is 18.4 Å². The SMILES string of the molecule is NC(=O)[C@@H](Cc1ccc(OCc2ccccc2)cc1)NC(=O)c1cccc(F)c1F. The number of hydrogen-bond donors (Lipinski definition) is 2. The lowest BCUT2D eigenvalue weighted by Gasteiger charge is -2.16. The Hall–Kier alpha value is -3.74. The third-order valence-electron chi connectivity index (χ3n) is 4.46. The Kier molecular flexibility index (Phi) is 6.75. The van der Waals surface area contributed by atoms with Crippen molar-refractivity contribution in [2.24, 2.45) is 5.73 Å². The molecule has 0 heterocycles. The second-order valence-corrected chi connectivity index (χ2v) is 6.65. The summed E-state index contributed by atoms with van der Waals surface area (Å²) in [6.45, 7) is 0.416. The van der Waals surface area contributed by atoms with Gasteiger partial charge in [0.15, 0.2) is 11.6 Å². The molecule has 0 saturated heterocycles. The standard InChI is InChI=1S/C23H20F2N2O3/c24-19-8-4-7-18(21(19)25)23(29)27-20(22(26)28)13-15-9-11-17(12-10-15)30-14-16-5-2-1-3-6-16/h1-12,20H,13-14H2,(H2,26,28)(H,27,29)/t20-/m1/s1. The fourth-order valence-corrected chi connectivity index (χ4v) is 2.84. The Morgan fingerprint density at radius 1 is 0.900 bits per heavy atom. The van der Waals surface area contributed by atoms with Crippen molar-refractivity contribution < 1.29 is 23.1 Å². The number of hydrogen-bond acceptors (Lipinski definition) is 3. The van der Waals surface area contributed by atoms with Gasteiger partial charge in [0, 0.05) is 6.42 Å². The molecule has 0 unspecified atom stereocenters. The lowest BCUT2D eigenvalue weighted by Crippen LogP contribution is -2.46. The van der Waals surface area contributed by atoms with E-state index in [4.69, 9.17) is 10.5 Å². The molecule has 5 nitrogen and oxygen atoms in total. The van der Waals surface area contributed by atoms with E-state index in [0.29, 0.717) is 17.9 Å². The number of ether oxygens (including phenoxy) is 1. The van der Waals surface area contributed by atoms with Crippen molar-refractivity contribution >= 4 is 11.8 Å². The zero-order valence-corrected chi connectivity index (χ0v) is 16.0. The van der Waals surface area contributed by atoms with Gasteiger partial charge in [-0.25, -0.2) is 8.78 Å². The molecule has 2 amide bonds. The van der Waals surface area contributed by atoms with Crippen LogP contribution in [0.5, 0.6) is 5.75 Å². The summed E-state index contributed by atoms with van der Waals surface area (Å²) in [6.07, 6.45) is 0.0942. The van der Waals surface area contributed by atoms with Crippen LogP contribution < -0.4 is 15.8 Å². The zero-order chi connectivity index (χ0) is 21.5. The topological polar surface area (TPSA) is 81.4 Å². The highest BCUT2D eigenvalue weighted by atomic mass is 19.2. The zero-order valence-electron chi connectivity index (χ0n) is 16.0. The number of nitrogens with one attached hydrogen (secondary N) is 1. The maximum Gasteiger partial charge on any atom is 0.255 e. The molecule has 0 bridgehead atoms. The molecule has 0 aliphatic rings. The first-order valence-corrected chi connectivity index (χ1v) is 9.24. The van der Waals surface area contributed by atoms with Crippen molar-refractivity contribution in [3.05, 3.63) is 101 Å². The summed E-state index contributed by atoms with van der Waals surface area (Å²) in [5.41, 5.74) is 6.62. The molecular formula is C23H20F2N2O3. The van der Waals surface area contributed by atoms with Gasteiger partial charge >= 0.3 is 0 Å². The number of carbonyl (C=O) groups is 2. The Morgan fingerprint density at radius 3 is 2.27 bits per heavy atom. The average molecular weight is 410 g/mol. The first kappa shape index (κ1) is 21.0. The highest BCUT2D eigenvalue weighted by Gasteiger charge is 2.22. The number of benzene rings is 3. The Morgan fingerprint density at radius 2 is 1.60 bits per heavy atom. The molecule has 7 heteroatoms. The maximum atomic E-state index is 13.8. The van der Waals surface area contributed by atoms with Crippen LogP contribution in [-0.4, -0.2) is 17.9 Å². The van der Waals surface area contributed by atoms with Crippen LogP contribution in [0.15, 0.2) is 72.8 Å². The fraction of sp³-hybridized carbons (Fsp3) is 0.130. The molecule has 3 rings (SSSR count). The van der Waals surface area contributed by atoms with Gasteiger partial charge in [0.05, 0.1) is 5.56 Å². The van der Waals surface area contributed by atoms with Crippen molar-refractivity contribution in [2.75, 3.05) is 0 Å². The molecule has 0 aromatic heterocycles. The largest absolute Gasteiger partial charge is 0.489 e. The van der Waals surface area contributed by atoms with Gasteiger partial charge < -0.3 is 15.8 Å². The highest BCUT2D eigenvalue weighted by molar-refractivity contribution is 5.97. The van der Waals surface area contributed by atoms with Crippen molar-refractivity contribution in [1.82, 2.24) is 5.32 Å². The molecule has 3 aromatic carbocycles. The summed E-state index contributed by atoms with van der Waals surface area (Å²) in [7, 11) is 0. The lowest BCUT2D eigenvalue weighted by molar-refractivity contribution is -0.119. The van der Waals surface area contributed by atoms with Gasteiger partial charge in [0.25, 0.3) is 5.91 Å². The van der Waals surface area contributed by atoms with E-state index in [-0.39, 0.29) is 6.42 Å². The average Bonchev–Trinajstić information content (AvgIpc) is 2.75. The van der Waals surface area contributed by atoms with E-state index in [1.165, 1.54) is 6.07 Å². The van der Waals surface area contributed by atoms with Gasteiger partial charge in [0.2, 0.25) is 5.91 Å². The quantitative estimate of drug-likeness (QED) is 0.597. The summed E-state index contributed by atoms with van der Waals surface area (Å²) in [5.74, 6) is -3.49. The van der Waals surface area contributed by atoms with E-state index < -0.39 is 35.1 Å². The summed E-state index contributed by atoms with van der Waals surface area (Å²) in [4.78, 5) is 24.0. The Balaban J connectivity index is 1.62. The molecule has 154 valence electrons. The molecule has 3 aromatic rings. The molecule has 0 fully saturated rings. The Labute approximate surface area is 172 Å². The molecule has 1 atom stereocenters. The predicted molar refractivity (Wildman–Crippen MR) is 108 cm³/mol. The van der Waals surface area contributed by atoms with E-state index in [2.05, 4.69) is 5.32 Å². The van der Waals surface area contributed by atoms with Crippen molar-refractivity contribution in [3.63, 3.8) is 0 Å². The van der Waals surface area contributed by atoms with Crippen LogP contribution in [-0.2, 0) is 17.8 Å². The monoisotopic (exact) mass is 410 g/mol. The van der Waals surface area contributed by atoms with Gasteiger partial charge in [-0.05, 0) is 35.4 Å². The number of halogens is 2. The van der Waals surface area contributed by atoms with E-state index in [9.17, 15) is 18.4 Å². The van der Waals surface area contributed by atoms with Crippen molar-refractivity contribution in [2.45, 2.75) is 19.1 Å². The van der Waals surface area contributed by atoms with Crippen LogP contribution in [0.1, 0.15) is 21.5 Å². The third kappa shape index (κ3) is 5.41. The first-order valence-electron chi connectivity index (χ1n) is 9.24. The van der Waals surface area contributed by atoms with E-state index in [1.807, 2.05) is 30.3 Å². The van der Waals surface area contributed by atoms with Crippen LogP contribution in [0.25, 0.3) is 0 Å². The minimum atomic E-state index is -1.28. The maximum absolute atomic E-state index is 13.8. The molecule has 0 radical (unpaired) electrons. The molecule has 30 heavy (non-hydrogen) atoms. The van der Waals surface area contributed by atoms with Crippen LogP contribution in [0.2, 0.25) is 0 Å². The van der Waals surface area contributed by atoms with Crippen LogP contribution in [0.3, 0.4) is 0 Å². The van der Waals surface area contributed by atoms with Gasteiger partial charge in [-0.3, -0.25) is 9.59 Å². The number of nitrogens with two attached hydrogens (primary N) is 1. The third-order valence-corrected chi connectivity index (χ3v) is 4.46. The molecule has 0 aliphatic heterocycles. The second kappa shape index (κ2) is 9.65. The number of carbonyl (C=O) groups excluding carboxylic acids is 2. The van der Waals surface area contributed by atoms with Crippen LogP contribution >= 0.6 is 0 Å². The summed E-state index contributed by atoms with van der Waals surface area (Å²) in [6, 6.07) is 18.8. The first-order chi connectivity index (χ1) is 14.4. The predicted octanol–water partition coefficient (Wildman–Crippen LogP) is 3.37. The Bertz CT molecular complexity index is 1020. The minimum absolute atomic E-state index is 0.0942. The highest BCUT2D eigenvalue weighted by Crippen LogP contribution is 2.16. The number of rotatable bonds is 8. The smallest absolute Gasteiger partial charge is 0.255 e. The second-order valence-electron chi connectivity index (χ2n) is 6.65. The molecular weight excluding hydrogens is 390 g/mol. The summed E-state index contributed by atoms with van der Waals surface area (Å²) in [5, 5.41) is 2.36. The van der Waals surface area contributed by atoms with Crippen molar-refractivity contribution in [1.29, 1.82) is 0 Å². The van der Waals surface area contributed by atoms with E-state index in [1.54, 1.807) is 24.3 Å². The van der Waals surface area contributed by atoms with Crippen molar-refractivity contribution in [3.8, 4) is 5.75 Å². The molecule has 0 saturated carbocycles. The lowest BCUT2D eigenvalue weighted by atomic mass is 10.0. The number of primary amides is 1. The van der Waals surface area contributed by atoms with E-state index in [0.717, 1.165) is 17.7 Å².